The third-order valence-electron chi connectivity index (χ3n) is 3.31. The molecule has 114 valence electrons. The maximum absolute atomic E-state index is 12.2. The lowest BCUT2D eigenvalue weighted by atomic mass is 10.1. The monoisotopic (exact) mass is 310 g/mol. The third-order valence-corrected chi connectivity index (χ3v) is 3.50. The first-order chi connectivity index (χ1) is 10.1. The van der Waals surface area contributed by atoms with Gasteiger partial charge in [-0.15, -0.1) is 11.6 Å². The predicted molar refractivity (Wildman–Crippen MR) is 81.7 cm³/mol. The molecule has 6 heteroatoms. The van der Waals surface area contributed by atoms with Crippen LogP contribution in [0.4, 0.5) is 5.69 Å². The molecule has 0 bridgehead atoms. The van der Waals surface area contributed by atoms with Crippen LogP contribution in [-0.4, -0.2) is 36.4 Å². The van der Waals surface area contributed by atoms with Gasteiger partial charge in [0.25, 0.3) is 5.91 Å². The van der Waals surface area contributed by atoms with Crippen LogP contribution in [-0.2, 0) is 9.53 Å². The van der Waals surface area contributed by atoms with Crippen molar-refractivity contribution < 1.29 is 14.3 Å². The Morgan fingerprint density at radius 3 is 2.86 bits per heavy atom. The van der Waals surface area contributed by atoms with E-state index < -0.39 is 5.38 Å². The van der Waals surface area contributed by atoms with Crippen LogP contribution in [0.5, 0.6) is 0 Å². The van der Waals surface area contributed by atoms with Crippen LogP contribution >= 0.6 is 11.6 Å². The molecule has 1 aliphatic heterocycles. The minimum absolute atomic E-state index is 0.0820. The Labute approximate surface area is 129 Å². The predicted octanol–water partition coefficient (Wildman–Crippen LogP) is 2.16. The fourth-order valence-corrected chi connectivity index (χ4v) is 2.18. The summed E-state index contributed by atoms with van der Waals surface area (Å²) in [7, 11) is 0. The summed E-state index contributed by atoms with van der Waals surface area (Å²) in [5.74, 6) is -0.570. The van der Waals surface area contributed by atoms with Crippen molar-refractivity contribution in [3.8, 4) is 0 Å². The minimum Gasteiger partial charge on any atom is -0.376 e. The van der Waals surface area contributed by atoms with Gasteiger partial charge in [0, 0.05) is 13.2 Å². The summed E-state index contributed by atoms with van der Waals surface area (Å²) in [4.78, 5) is 23.9. The van der Waals surface area contributed by atoms with Crippen molar-refractivity contribution in [1.29, 1.82) is 0 Å². The first-order valence-electron chi connectivity index (χ1n) is 7.01. The molecule has 1 aromatic carbocycles. The minimum atomic E-state index is -0.659. The van der Waals surface area contributed by atoms with Gasteiger partial charge < -0.3 is 15.4 Å². The first-order valence-corrected chi connectivity index (χ1v) is 7.45. The Kier molecular flexibility index (Phi) is 5.59. The molecule has 2 atom stereocenters. The summed E-state index contributed by atoms with van der Waals surface area (Å²) < 4.78 is 5.46. The van der Waals surface area contributed by atoms with Crippen molar-refractivity contribution in [3.63, 3.8) is 0 Å². The summed E-state index contributed by atoms with van der Waals surface area (Å²) in [6.07, 6.45) is 2.07. The number of hydrogen-bond donors (Lipinski definition) is 2. The summed E-state index contributed by atoms with van der Waals surface area (Å²) >= 11 is 5.73. The van der Waals surface area contributed by atoms with E-state index in [1.165, 1.54) is 0 Å². The second-order valence-electron chi connectivity index (χ2n) is 5.00. The quantitative estimate of drug-likeness (QED) is 0.819. The average molecular weight is 311 g/mol. The van der Waals surface area contributed by atoms with E-state index in [1.807, 2.05) is 0 Å². The molecular formula is C15H19ClN2O3. The van der Waals surface area contributed by atoms with Gasteiger partial charge in [0.2, 0.25) is 5.91 Å². The van der Waals surface area contributed by atoms with Crippen molar-refractivity contribution in [2.45, 2.75) is 31.2 Å². The number of benzene rings is 1. The van der Waals surface area contributed by atoms with Gasteiger partial charge in [-0.3, -0.25) is 9.59 Å². The number of carbonyl (C=O) groups excluding carboxylic acids is 2. The number of para-hydroxylation sites is 1. The van der Waals surface area contributed by atoms with Crippen LogP contribution in [0.15, 0.2) is 24.3 Å². The van der Waals surface area contributed by atoms with Gasteiger partial charge in [-0.2, -0.15) is 0 Å². The van der Waals surface area contributed by atoms with E-state index in [0.29, 0.717) is 17.8 Å². The van der Waals surface area contributed by atoms with Crippen molar-refractivity contribution in [2.24, 2.45) is 0 Å². The molecule has 5 nitrogen and oxygen atoms in total. The molecule has 1 saturated heterocycles. The van der Waals surface area contributed by atoms with Crippen molar-refractivity contribution in [2.75, 3.05) is 18.5 Å². The van der Waals surface area contributed by atoms with Crippen molar-refractivity contribution in [1.82, 2.24) is 5.32 Å². The molecule has 0 aliphatic carbocycles. The highest BCUT2D eigenvalue weighted by molar-refractivity contribution is 6.32. The Morgan fingerprint density at radius 1 is 1.43 bits per heavy atom. The van der Waals surface area contributed by atoms with E-state index in [9.17, 15) is 9.59 Å². The third kappa shape index (κ3) is 4.44. The van der Waals surface area contributed by atoms with Gasteiger partial charge in [-0.25, -0.2) is 0 Å². The Balaban J connectivity index is 2.00. The van der Waals surface area contributed by atoms with E-state index >= 15 is 0 Å². The average Bonchev–Trinajstić information content (AvgIpc) is 2.98. The molecule has 0 spiro atoms. The SMILES string of the molecule is CC(Cl)C(=O)Nc1ccccc1C(=O)NCC1CCCO1. The van der Waals surface area contributed by atoms with Gasteiger partial charge in [0.1, 0.15) is 5.38 Å². The van der Waals surface area contributed by atoms with Gasteiger partial charge in [0.05, 0.1) is 17.4 Å². The molecule has 21 heavy (non-hydrogen) atoms. The van der Waals surface area contributed by atoms with Crippen LogP contribution < -0.4 is 10.6 Å². The zero-order chi connectivity index (χ0) is 15.2. The molecule has 2 unspecified atom stereocenters. The lowest BCUT2D eigenvalue weighted by molar-refractivity contribution is -0.115. The van der Waals surface area contributed by atoms with Gasteiger partial charge in [0.15, 0.2) is 0 Å². The van der Waals surface area contributed by atoms with Gasteiger partial charge in [-0.1, -0.05) is 12.1 Å². The lowest BCUT2D eigenvalue weighted by Crippen LogP contribution is -2.32. The zero-order valence-corrected chi connectivity index (χ0v) is 12.7. The largest absolute Gasteiger partial charge is 0.376 e. The molecule has 2 N–H and O–H groups in total. The molecule has 1 fully saturated rings. The Morgan fingerprint density at radius 2 is 2.19 bits per heavy atom. The summed E-state index contributed by atoms with van der Waals surface area (Å²) in [6.45, 7) is 2.81. The number of nitrogens with one attached hydrogen (secondary N) is 2. The molecule has 1 aliphatic rings. The summed E-state index contributed by atoms with van der Waals surface area (Å²) in [5.41, 5.74) is 0.876. The maximum atomic E-state index is 12.2. The van der Waals surface area contributed by atoms with Crippen LogP contribution in [0.3, 0.4) is 0 Å². The number of alkyl halides is 1. The molecule has 0 aromatic heterocycles. The van der Waals surface area contributed by atoms with E-state index in [2.05, 4.69) is 10.6 Å². The normalized spacial score (nSPS) is 19.0. The molecule has 1 heterocycles. The fraction of sp³-hybridized carbons (Fsp3) is 0.467. The highest BCUT2D eigenvalue weighted by Crippen LogP contribution is 2.16. The molecule has 0 radical (unpaired) electrons. The van der Waals surface area contributed by atoms with E-state index in [0.717, 1.165) is 19.4 Å². The first kappa shape index (κ1) is 15.8. The smallest absolute Gasteiger partial charge is 0.253 e. The van der Waals surface area contributed by atoms with E-state index in [-0.39, 0.29) is 17.9 Å². The summed E-state index contributed by atoms with van der Waals surface area (Å²) in [6, 6.07) is 6.85. The molecule has 2 amide bonds. The lowest BCUT2D eigenvalue weighted by Gasteiger charge is -2.14. The van der Waals surface area contributed by atoms with E-state index in [4.69, 9.17) is 16.3 Å². The number of rotatable bonds is 5. The molecule has 0 saturated carbocycles. The van der Waals surface area contributed by atoms with Crippen LogP contribution in [0.25, 0.3) is 0 Å². The van der Waals surface area contributed by atoms with Crippen molar-refractivity contribution >= 4 is 29.1 Å². The topological polar surface area (TPSA) is 67.4 Å². The Bertz CT molecular complexity index is 513. The van der Waals surface area contributed by atoms with E-state index in [1.54, 1.807) is 31.2 Å². The van der Waals surface area contributed by atoms with Gasteiger partial charge >= 0.3 is 0 Å². The van der Waals surface area contributed by atoms with Crippen molar-refractivity contribution in [3.05, 3.63) is 29.8 Å². The molecular weight excluding hydrogens is 292 g/mol. The number of hydrogen-bond acceptors (Lipinski definition) is 3. The standard InChI is InChI=1S/C15H19ClN2O3/c1-10(16)14(19)18-13-7-3-2-6-12(13)15(20)17-9-11-5-4-8-21-11/h2-3,6-7,10-11H,4-5,8-9H2,1H3,(H,17,20)(H,18,19). The molecule has 1 aromatic rings. The Hall–Kier alpha value is -1.59. The van der Waals surface area contributed by atoms with Crippen LogP contribution in [0.2, 0.25) is 0 Å². The molecule has 2 rings (SSSR count). The zero-order valence-electron chi connectivity index (χ0n) is 11.9. The number of ether oxygens (including phenoxy) is 1. The maximum Gasteiger partial charge on any atom is 0.253 e. The number of amides is 2. The number of carbonyl (C=O) groups is 2. The van der Waals surface area contributed by atoms with Gasteiger partial charge in [-0.05, 0) is 31.9 Å². The summed E-state index contributed by atoms with van der Waals surface area (Å²) in [5, 5.41) is 4.83. The highest BCUT2D eigenvalue weighted by atomic mass is 35.5. The second-order valence-corrected chi connectivity index (χ2v) is 5.65. The second kappa shape index (κ2) is 7.43. The van der Waals surface area contributed by atoms with Crippen LogP contribution in [0.1, 0.15) is 30.1 Å². The number of halogens is 1. The highest BCUT2D eigenvalue weighted by Gasteiger charge is 2.19. The van der Waals surface area contributed by atoms with Crippen LogP contribution in [0, 0.1) is 0 Å². The number of anilines is 1. The fourth-order valence-electron chi connectivity index (χ4n) is 2.13.